The van der Waals surface area contributed by atoms with E-state index < -0.39 is 11.7 Å². The molecule has 3 nitrogen and oxygen atoms in total. The van der Waals surface area contributed by atoms with Crippen molar-refractivity contribution < 1.29 is 18.0 Å². The zero-order chi connectivity index (χ0) is 22.9. The molecule has 1 heterocycles. The van der Waals surface area contributed by atoms with Crippen molar-refractivity contribution in [2.45, 2.75) is 25.6 Å². The quantitative estimate of drug-likeness (QED) is 0.385. The average Bonchev–Trinajstić information content (AvgIpc) is 2.87. The highest BCUT2D eigenvalue weighted by Crippen LogP contribution is 2.42. The molecule has 0 aromatic heterocycles. The fourth-order valence-corrected chi connectivity index (χ4v) is 4.60. The third-order valence-corrected chi connectivity index (χ3v) is 6.05. The molecule has 3 aromatic carbocycles. The highest BCUT2D eigenvalue weighted by molar-refractivity contribution is 9.10. The number of carbonyl (C=O) groups excluding carboxylic acids is 1. The summed E-state index contributed by atoms with van der Waals surface area (Å²) >= 11 is 3.55. The molecule has 0 saturated heterocycles. The maximum absolute atomic E-state index is 13.5. The predicted molar refractivity (Wildman–Crippen MR) is 123 cm³/mol. The van der Waals surface area contributed by atoms with Crippen LogP contribution in [0.5, 0.6) is 0 Å². The molecule has 0 N–H and O–H groups in total. The van der Waals surface area contributed by atoms with Crippen molar-refractivity contribution in [1.29, 1.82) is 0 Å². The van der Waals surface area contributed by atoms with Gasteiger partial charge in [0.05, 0.1) is 23.8 Å². The second kappa shape index (κ2) is 9.08. The van der Waals surface area contributed by atoms with E-state index in [9.17, 15) is 18.0 Å². The number of fused-ring (bicyclic) bond motifs is 1. The van der Waals surface area contributed by atoms with E-state index in [1.54, 1.807) is 0 Å². The largest absolute Gasteiger partial charge is 0.416 e. The topological polar surface area (TPSA) is 23.6 Å². The van der Waals surface area contributed by atoms with E-state index in [1.165, 1.54) is 17.0 Å². The summed E-state index contributed by atoms with van der Waals surface area (Å²) in [6.07, 6.45) is -3.57. The molecule has 4 rings (SSSR count). The van der Waals surface area contributed by atoms with E-state index in [0.717, 1.165) is 34.2 Å². The number of hydrogen-bond donors (Lipinski definition) is 0. The molecule has 1 atom stereocenters. The fraction of sp³-hybridized carbons (Fsp3) is 0.240. The van der Waals surface area contributed by atoms with Gasteiger partial charge in [-0.15, -0.1) is 0 Å². The minimum atomic E-state index is -4.43. The first-order chi connectivity index (χ1) is 15.3. The Labute approximate surface area is 193 Å². The van der Waals surface area contributed by atoms with Gasteiger partial charge in [0.15, 0.2) is 0 Å². The highest BCUT2D eigenvalue weighted by Gasteiger charge is 2.35. The van der Waals surface area contributed by atoms with Crippen LogP contribution in [0.3, 0.4) is 0 Å². The third-order valence-electron chi connectivity index (χ3n) is 5.56. The van der Waals surface area contributed by atoms with Crippen LogP contribution in [0, 0.1) is 0 Å². The van der Waals surface area contributed by atoms with Gasteiger partial charge >= 0.3 is 6.18 Å². The van der Waals surface area contributed by atoms with Gasteiger partial charge in [0.1, 0.15) is 0 Å². The number of halogens is 4. The van der Waals surface area contributed by atoms with E-state index in [1.807, 2.05) is 48.5 Å². The number of alkyl halides is 3. The zero-order valence-electron chi connectivity index (χ0n) is 17.4. The lowest BCUT2D eigenvalue weighted by atomic mass is 9.95. The molecule has 1 amide bonds. The molecule has 0 aliphatic carbocycles. The third kappa shape index (κ3) is 4.45. The van der Waals surface area contributed by atoms with E-state index in [-0.39, 0.29) is 18.5 Å². The first-order valence-electron chi connectivity index (χ1n) is 10.4. The van der Waals surface area contributed by atoms with E-state index in [4.69, 9.17) is 0 Å². The lowest BCUT2D eigenvalue weighted by Gasteiger charge is -2.30. The van der Waals surface area contributed by atoms with Crippen molar-refractivity contribution >= 4 is 33.2 Å². The maximum atomic E-state index is 13.5. The van der Waals surface area contributed by atoms with Gasteiger partial charge in [0.2, 0.25) is 5.91 Å². The predicted octanol–water partition coefficient (Wildman–Crippen LogP) is 6.95. The first-order valence-corrected chi connectivity index (χ1v) is 11.2. The molecule has 32 heavy (non-hydrogen) atoms. The van der Waals surface area contributed by atoms with Crippen LogP contribution in [-0.2, 0) is 11.0 Å². The van der Waals surface area contributed by atoms with Crippen LogP contribution in [0.1, 0.15) is 36.1 Å². The highest BCUT2D eigenvalue weighted by atomic mass is 79.9. The maximum Gasteiger partial charge on any atom is 0.416 e. The second-order valence-electron chi connectivity index (χ2n) is 7.76. The number of amides is 1. The van der Waals surface area contributed by atoms with Gasteiger partial charge in [0, 0.05) is 10.2 Å². The van der Waals surface area contributed by atoms with Crippen LogP contribution >= 0.6 is 15.9 Å². The standard InChI is InChI=1S/C25H22BrF3N2O/c1-2-14-30-16-23(32)31(20-11-8-18(9-12-20)25(27,28)29)22-13-10-19(26)15-21(22)24(30)17-6-4-3-5-7-17/h3-13,15,24H,2,14,16H2,1H3. The number of carbonyl (C=O) groups is 1. The summed E-state index contributed by atoms with van der Waals surface area (Å²) in [7, 11) is 0. The van der Waals surface area contributed by atoms with Crippen molar-refractivity contribution in [3.05, 3.63) is 94.0 Å². The van der Waals surface area contributed by atoms with E-state index in [0.29, 0.717) is 17.9 Å². The smallest absolute Gasteiger partial charge is 0.283 e. The Balaban J connectivity index is 1.88. The Kier molecular flexibility index (Phi) is 6.40. The Morgan fingerprint density at radius 1 is 1.00 bits per heavy atom. The van der Waals surface area contributed by atoms with Crippen LogP contribution in [0.2, 0.25) is 0 Å². The van der Waals surface area contributed by atoms with Gasteiger partial charge in [-0.1, -0.05) is 53.2 Å². The number of anilines is 2. The number of nitrogens with zero attached hydrogens (tertiary/aromatic N) is 2. The summed E-state index contributed by atoms with van der Waals surface area (Å²) in [4.78, 5) is 17.1. The number of rotatable bonds is 4. The summed E-state index contributed by atoms with van der Waals surface area (Å²) in [5.41, 5.74) is 2.32. The van der Waals surface area contributed by atoms with Gasteiger partial charge in [-0.25, -0.2) is 0 Å². The summed E-state index contributed by atoms with van der Waals surface area (Å²) in [6, 6.07) is 20.3. The molecule has 0 radical (unpaired) electrons. The average molecular weight is 503 g/mol. The monoisotopic (exact) mass is 502 g/mol. The van der Waals surface area contributed by atoms with Crippen molar-refractivity contribution in [3.8, 4) is 0 Å². The number of benzene rings is 3. The molecule has 3 aromatic rings. The first kappa shape index (κ1) is 22.6. The van der Waals surface area contributed by atoms with Crippen LogP contribution in [0.25, 0.3) is 0 Å². The van der Waals surface area contributed by atoms with Crippen LogP contribution in [0.15, 0.2) is 77.3 Å². The van der Waals surface area contributed by atoms with E-state index >= 15 is 0 Å². The summed E-state index contributed by atoms with van der Waals surface area (Å²) in [6.45, 7) is 2.92. The van der Waals surface area contributed by atoms with Crippen LogP contribution in [0.4, 0.5) is 24.5 Å². The zero-order valence-corrected chi connectivity index (χ0v) is 19.0. The van der Waals surface area contributed by atoms with Gasteiger partial charge in [-0.2, -0.15) is 13.2 Å². The molecule has 0 fully saturated rings. The Morgan fingerprint density at radius 3 is 2.31 bits per heavy atom. The molecular formula is C25H22BrF3N2O. The minimum absolute atomic E-state index is 0.153. The molecule has 0 spiro atoms. The summed E-state index contributed by atoms with van der Waals surface area (Å²) in [5, 5.41) is 0. The van der Waals surface area contributed by atoms with Crippen molar-refractivity contribution in [3.63, 3.8) is 0 Å². The lowest BCUT2D eigenvalue weighted by molar-refractivity contribution is -0.137. The molecule has 7 heteroatoms. The minimum Gasteiger partial charge on any atom is -0.283 e. The Bertz CT molecular complexity index is 1100. The second-order valence-corrected chi connectivity index (χ2v) is 8.68. The van der Waals surface area contributed by atoms with E-state index in [2.05, 4.69) is 27.8 Å². The van der Waals surface area contributed by atoms with Crippen LogP contribution in [-0.4, -0.2) is 23.9 Å². The lowest BCUT2D eigenvalue weighted by Crippen LogP contribution is -2.37. The molecule has 1 aliphatic heterocycles. The van der Waals surface area contributed by atoms with Crippen molar-refractivity contribution in [2.75, 3.05) is 18.0 Å². The molecular weight excluding hydrogens is 481 g/mol. The van der Waals surface area contributed by atoms with Crippen molar-refractivity contribution in [1.82, 2.24) is 4.90 Å². The Hall–Kier alpha value is -2.64. The normalized spacial score (nSPS) is 17.2. The molecule has 1 aliphatic rings. The van der Waals surface area contributed by atoms with Gasteiger partial charge in [0.25, 0.3) is 0 Å². The van der Waals surface area contributed by atoms with Crippen LogP contribution < -0.4 is 4.90 Å². The molecule has 0 saturated carbocycles. The van der Waals surface area contributed by atoms with Gasteiger partial charge < -0.3 is 0 Å². The SMILES string of the molecule is CCCN1CC(=O)N(c2ccc(C(F)(F)F)cc2)c2ccc(Br)cc2C1c1ccccc1. The van der Waals surface area contributed by atoms with Crippen molar-refractivity contribution in [2.24, 2.45) is 0 Å². The molecule has 166 valence electrons. The summed E-state index contributed by atoms with van der Waals surface area (Å²) in [5.74, 6) is -0.180. The number of hydrogen-bond acceptors (Lipinski definition) is 2. The van der Waals surface area contributed by atoms with Gasteiger partial charge in [-0.3, -0.25) is 14.6 Å². The summed E-state index contributed by atoms with van der Waals surface area (Å²) < 4.78 is 40.1. The molecule has 0 bridgehead atoms. The fourth-order valence-electron chi connectivity index (χ4n) is 4.22. The Morgan fingerprint density at radius 2 is 1.69 bits per heavy atom. The molecule has 1 unspecified atom stereocenters. The van der Waals surface area contributed by atoms with Gasteiger partial charge in [-0.05, 0) is 66.6 Å².